The summed E-state index contributed by atoms with van der Waals surface area (Å²) >= 11 is 0. The minimum absolute atomic E-state index is 0.0702. The van der Waals surface area contributed by atoms with Gasteiger partial charge < -0.3 is 10.1 Å². The summed E-state index contributed by atoms with van der Waals surface area (Å²) in [6.07, 6.45) is 1.86. The van der Waals surface area contributed by atoms with E-state index in [1.165, 1.54) is 13.0 Å². The SMILES string of the molecule is CC(=O)NCCO[C@@H](c1cccc(F)c1-c1cccc(C)c1)[C@@H]1CCCN(C(C)(C)C)C1. The number of nitrogens with zero attached hydrogens (tertiary/aromatic N) is 1. The molecule has 174 valence electrons. The number of amides is 1. The van der Waals surface area contributed by atoms with Crippen LogP contribution in [-0.4, -0.2) is 42.6 Å². The Labute approximate surface area is 192 Å². The molecule has 0 unspecified atom stereocenters. The smallest absolute Gasteiger partial charge is 0.216 e. The van der Waals surface area contributed by atoms with Gasteiger partial charge in [-0.25, -0.2) is 4.39 Å². The van der Waals surface area contributed by atoms with Crippen molar-refractivity contribution in [3.8, 4) is 11.1 Å². The van der Waals surface area contributed by atoms with E-state index in [4.69, 9.17) is 4.74 Å². The molecule has 32 heavy (non-hydrogen) atoms. The Morgan fingerprint density at radius 2 is 2.00 bits per heavy atom. The Balaban J connectivity index is 1.98. The molecule has 1 fully saturated rings. The molecule has 4 nitrogen and oxygen atoms in total. The van der Waals surface area contributed by atoms with Gasteiger partial charge >= 0.3 is 0 Å². The van der Waals surface area contributed by atoms with Gasteiger partial charge in [-0.15, -0.1) is 0 Å². The van der Waals surface area contributed by atoms with Crippen LogP contribution in [0.1, 0.15) is 57.8 Å². The lowest BCUT2D eigenvalue weighted by atomic mass is 9.83. The monoisotopic (exact) mass is 440 g/mol. The zero-order chi connectivity index (χ0) is 23.3. The van der Waals surface area contributed by atoms with E-state index >= 15 is 4.39 Å². The third kappa shape index (κ3) is 6.17. The van der Waals surface area contributed by atoms with Gasteiger partial charge in [0, 0.05) is 37.0 Å². The maximum absolute atomic E-state index is 15.2. The van der Waals surface area contributed by atoms with Crippen molar-refractivity contribution < 1.29 is 13.9 Å². The van der Waals surface area contributed by atoms with Crippen LogP contribution in [0.15, 0.2) is 42.5 Å². The number of carbonyl (C=O) groups is 1. The summed E-state index contributed by atoms with van der Waals surface area (Å²) in [6.45, 7) is 13.0. The number of halogens is 1. The standard InChI is InChI=1S/C27H37FN2O2/c1-19-9-6-10-21(17-19)25-23(12-7-13-24(25)28)26(32-16-14-29-20(2)31)22-11-8-15-30(18-22)27(3,4)5/h6-7,9-10,12-13,17,22,26H,8,11,14-16,18H2,1-5H3,(H,29,31)/t22-,26-/m1/s1. The van der Waals surface area contributed by atoms with Crippen LogP contribution in [0.2, 0.25) is 0 Å². The lowest BCUT2D eigenvalue weighted by Crippen LogP contribution is -2.48. The highest BCUT2D eigenvalue weighted by Crippen LogP contribution is 2.40. The summed E-state index contributed by atoms with van der Waals surface area (Å²) in [5, 5.41) is 2.81. The molecule has 5 heteroatoms. The van der Waals surface area contributed by atoms with E-state index in [2.05, 4.69) is 31.0 Å². The van der Waals surface area contributed by atoms with Gasteiger partial charge in [-0.2, -0.15) is 0 Å². The molecule has 1 aliphatic heterocycles. The van der Waals surface area contributed by atoms with Crippen molar-refractivity contribution in [2.45, 2.75) is 59.1 Å². The maximum Gasteiger partial charge on any atom is 0.216 e. The summed E-state index contributed by atoms with van der Waals surface area (Å²) in [4.78, 5) is 13.8. The first-order valence-electron chi connectivity index (χ1n) is 11.6. The van der Waals surface area contributed by atoms with E-state index in [9.17, 15) is 4.79 Å². The highest BCUT2D eigenvalue weighted by molar-refractivity contribution is 5.72. The fraction of sp³-hybridized carbons (Fsp3) is 0.519. The Morgan fingerprint density at radius 3 is 2.69 bits per heavy atom. The number of rotatable bonds is 7. The molecule has 3 rings (SSSR count). The van der Waals surface area contributed by atoms with Gasteiger partial charge in [-0.1, -0.05) is 42.0 Å². The summed E-state index contributed by atoms with van der Waals surface area (Å²) in [5.41, 5.74) is 3.54. The molecule has 1 amide bonds. The van der Waals surface area contributed by atoms with Crippen LogP contribution in [0.4, 0.5) is 4.39 Å². The Bertz CT molecular complexity index is 922. The second kappa shape index (κ2) is 10.6. The number of nitrogens with one attached hydrogen (secondary N) is 1. The second-order valence-corrected chi connectivity index (χ2v) is 9.87. The fourth-order valence-corrected chi connectivity index (χ4v) is 4.64. The molecule has 2 aromatic rings. The average Bonchev–Trinajstić information content (AvgIpc) is 2.73. The van der Waals surface area contributed by atoms with Gasteiger partial charge in [0.05, 0.1) is 12.7 Å². The molecule has 2 atom stereocenters. The molecule has 0 saturated carbocycles. The topological polar surface area (TPSA) is 41.6 Å². The van der Waals surface area contributed by atoms with E-state index in [1.807, 2.05) is 37.3 Å². The first-order chi connectivity index (χ1) is 15.2. The van der Waals surface area contributed by atoms with Crippen molar-refractivity contribution in [1.82, 2.24) is 10.2 Å². The van der Waals surface area contributed by atoms with E-state index < -0.39 is 0 Å². The molecule has 0 spiro atoms. The van der Waals surface area contributed by atoms with E-state index in [1.54, 1.807) is 6.07 Å². The van der Waals surface area contributed by atoms with Gasteiger partial charge in [0.1, 0.15) is 5.82 Å². The Hall–Kier alpha value is -2.24. The highest BCUT2D eigenvalue weighted by Gasteiger charge is 2.34. The molecule has 0 aromatic heterocycles. The summed E-state index contributed by atoms with van der Waals surface area (Å²) in [5.74, 6) is -0.0642. The predicted molar refractivity (Wildman–Crippen MR) is 128 cm³/mol. The number of hydrogen-bond donors (Lipinski definition) is 1. The molecule has 1 N–H and O–H groups in total. The number of ether oxygens (including phenoxy) is 1. The number of hydrogen-bond acceptors (Lipinski definition) is 3. The summed E-state index contributed by atoms with van der Waals surface area (Å²) < 4.78 is 21.7. The van der Waals surface area contributed by atoms with E-state index in [0.29, 0.717) is 18.7 Å². The van der Waals surface area contributed by atoms with Crippen LogP contribution in [0, 0.1) is 18.7 Å². The molecule has 1 saturated heterocycles. The van der Waals surface area contributed by atoms with Crippen molar-refractivity contribution in [3.63, 3.8) is 0 Å². The molecule has 0 bridgehead atoms. The highest BCUT2D eigenvalue weighted by atomic mass is 19.1. The van der Waals surface area contributed by atoms with Gasteiger partial charge in [-0.3, -0.25) is 9.69 Å². The van der Waals surface area contributed by atoms with Crippen molar-refractivity contribution in [3.05, 3.63) is 59.4 Å². The predicted octanol–water partition coefficient (Wildman–Crippen LogP) is 5.51. The van der Waals surface area contributed by atoms with Gasteiger partial charge in [-0.05, 0) is 64.3 Å². The molecular weight excluding hydrogens is 403 g/mol. The molecule has 0 aliphatic carbocycles. The molecule has 0 radical (unpaired) electrons. The maximum atomic E-state index is 15.2. The molecule has 2 aromatic carbocycles. The molecule has 1 aliphatic rings. The van der Waals surface area contributed by atoms with E-state index in [-0.39, 0.29) is 29.3 Å². The zero-order valence-corrected chi connectivity index (χ0v) is 20.1. The third-order valence-corrected chi connectivity index (χ3v) is 6.27. The van der Waals surface area contributed by atoms with Gasteiger partial charge in [0.2, 0.25) is 5.91 Å². The van der Waals surface area contributed by atoms with E-state index in [0.717, 1.165) is 42.6 Å². The van der Waals surface area contributed by atoms with Crippen molar-refractivity contribution >= 4 is 5.91 Å². The van der Waals surface area contributed by atoms with Crippen LogP contribution in [0.3, 0.4) is 0 Å². The lowest BCUT2D eigenvalue weighted by Gasteiger charge is -2.44. The lowest BCUT2D eigenvalue weighted by molar-refractivity contribution is -0.119. The number of aryl methyl sites for hydroxylation is 1. The van der Waals surface area contributed by atoms with Crippen LogP contribution in [-0.2, 0) is 9.53 Å². The number of benzene rings is 2. The Morgan fingerprint density at radius 1 is 1.25 bits per heavy atom. The normalized spacial score (nSPS) is 18.4. The van der Waals surface area contributed by atoms with Crippen LogP contribution >= 0.6 is 0 Å². The van der Waals surface area contributed by atoms with Crippen molar-refractivity contribution in [1.29, 1.82) is 0 Å². The quantitative estimate of drug-likeness (QED) is 0.578. The van der Waals surface area contributed by atoms with Crippen LogP contribution in [0.5, 0.6) is 0 Å². The van der Waals surface area contributed by atoms with Crippen LogP contribution in [0.25, 0.3) is 11.1 Å². The molecule has 1 heterocycles. The first kappa shape index (κ1) is 24.4. The largest absolute Gasteiger partial charge is 0.371 e. The van der Waals surface area contributed by atoms with Crippen molar-refractivity contribution in [2.24, 2.45) is 5.92 Å². The molecular formula is C27H37FN2O2. The van der Waals surface area contributed by atoms with Gasteiger partial charge in [0.15, 0.2) is 0 Å². The van der Waals surface area contributed by atoms with Crippen LogP contribution < -0.4 is 5.32 Å². The number of likely N-dealkylation sites (tertiary alicyclic amines) is 1. The Kier molecular flexibility index (Phi) is 8.07. The van der Waals surface area contributed by atoms with Gasteiger partial charge in [0.25, 0.3) is 0 Å². The fourth-order valence-electron chi connectivity index (χ4n) is 4.64. The summed E-state index contributed by atoms with van der Waals surface area (Å²) in [6, 6.07) is 13.3. The minimum atomic E-state index is -0.250. The van der Waals surface area contributed by atoms with Crippen molar-refractivity contribution in [2.75, 3.05) is 26.2 Å². The summed E-state index contributed by atoms with van der Waals surface area (Å²) in [7, 11) is 0. The second-order valence-electron chi connectivity index (χ2n) is 9.87. The first-order valence-corrected chi connectivity index (χ1v) is 11.6. The third-order valence-electron chi connectivity index (χ3n) is 6.27. The average molecular weight is 441 g/mol. The zero-order valence-electron chi connectivity index (χ0n) is 20.1. The minimum Gasteiger partial charge on any atom is -0.371 e. The number of piperidine rings is 1. The number of carbonyl (C=O) groups excluding carboxylic acids is 1.